The molecule has 2 aromatic rings. The molecule has 31 heavy (non-hydrogen) atoms. The molecule has 10 nitrogen and oxygen atoms in total. The highest BCUT2D eigenvalue weighted by Crippen LogP contribution is 2.35. The molecule has 4 N–H and O–H groups in total. The molecule has 2 atom stereocenters. The number of aromatic nitrogens is 1. The number of rotatable bonds is 5. The van der Waals surface area contributed by atoms with Crippen molar-refractivity contribution in [3.8, 4) is 5.75 Å². The van der Waals surface area contributed by atoms with Gasteiger partial charge in [-0.2, -0.15) is 0 Å². The molecule has 10 heteroatoms. The number of carboxylic acids is 1. The number of amides is 1. The number of nitrogens with zero attached hydrogens (tertiary/aromatic N) is 1. The molecule has 0 bridgehead atoms. The second kappa shape index (κ2) is 10.4. The van der Waals surface area contributed by atoms with Gasteiger partial charge >= 0.3 is 5.97 Å². The van der Waals surface area contributed by atoms with E-state index in [1.807, 2.05) is 6.07 Å². The lowest BCUT2D eigenvalue weighted by atomic mass is 9.72. The number of carboxylic acid groups (broad SMARTS) is 2. The zero-order valence-electron chi connectivity index (χ0n) is 16.9. The van der Waals surface area contributed by atoms with E-state index >= 15 is 0 Å². The molecule has 166 valence electrons. The van der Waals surface area contributed by atoms with Crippen LogP contribution in [0.3, 0.4) is 0 Å². The predicted molar refractivity (Wildman–Crippen MR) is 109 cm³/mol. The number of methoxy groups -OCH3 is 1. The van der Waals surface area contributed by atoms with Crippen LogP contribution in [0.5, 0.6) is 5.75 Å². The number of aliphatic hydroxyl groups excluding tert-OH is 1. The smallest absolute Gasteiger partial charge is 0.314 e. The summed E-state index contributed by atoms with van der Waals surface area (Å²) in [6.45, 7) is -0.219. The van der Waals surface area contributed by atoms with Crippen LogP contribution in [0.2, 0.25) is 0 Å². The van der Waals surface area contributed by atoms with Crippen LogP contribution in [0.25, 0.3) is 0 Å². The molecule has 0 aliphatic carbocycles. The first-order valence-electron chi connectivity index (χ1n) is 9.38. The number of benzene rings is 1. The lowest BCUT2D eigenvalue weighted by Crippen LogP contribution is -2.58. The molecule has 0 saturated carbocycles. The number of ether oxygens (including phenoxy) is 1. The van der Waals surface area contributed by atoms with Gasteiger partial charge in [0.05, 0.1) is 13.2 Å². The standard InChI is InChI=1S/C20H22N2O6.CH2O2/c1-28-16-11-21-14(9-15(16)23)18(25)22-8-7-17(24)20(12-22,19(26)27)10-13-5-3-2-4-6-13;2-1-3/h2-6,9,11,17,24H,7-8,10,12H2,1H3,(H,21,23)(H,26,27);1H,(H,2,3)/t17-,20-;/m1./s1. The van der Waals surface area contributed by atoms with Crippen LogP contribution in [0, 0.1) is 5.41 Å². The van der Waals surface area contributed by atoms with E-state index < -0.39 is 28.8 Å². The Labute approximate surface area is 177 Å². The highest BCUT2D eigenvalue weighted by atomic mass is 16.5. The maximum Gasteiger partial charge on any atom is 0.314 e. The fourth-order valence-corrected chi connectivity index (χ4v) is 3.58. The number of likely N-dealkylation sites (tertiary alicyclic amines) is 1. The number of aliphatic carboxylic acids is 1. The third kappa shape index (κ3) is 5.28. The SMILES string of the molecule is COc1c[nH]c(C(=O)N2CC[C@@H](O)[C@](Cc3ccccc3)(C(=O)O)C2)cc1=O.O=CO. The maximum atomic E-state index is 12.9. The normalized spacial score (nSPS) is 20.2. The van der Waals surface area contributed by atoms with E-state index in [9.17, 15) is 24.6 Å². The number of hydrogen-bond donors (Lipinski definition) is 4. The first-order valence-corrected chi connectivity index (χ1v) is 9.38. The lowest BCUT2D eigenvalue weighted by molar-refractivity contribution is -0.161. The minimum atomic E-state index is -1.53. The van der Waals surface area contributed by atoms with E-state index in [2.05, 4.69) is 4.98 Å². The first-order chi connectivity index (χ1) is 14.8. The maximum absolute atomic E-state index is 12.9. The van der Waals surface area contributed by atoms with Gasteiger partial charge in [0.15, 0.2) is 5.75 Å². The fraction of sp³-hybridized carbons (Fsp3) is 0.333. The molecule has 0 unspecified atom stereocenters. The Morgan fingerprint density at radius 3 is 2.52 bits per heavy atom. The number of H-pyrrole nitrogens is 1. The highest BCUT2D eigenvalue weighted by molar-refractivity contribution is 5.93. The second-order valence-corrected chi connectivity index (χ2v) is 7.04. The van der Waals surface area contributed by atoms with E-state index in [0.29, 0.717) is 0 Å². The first kappa shape index (κ1) is 23.6. The number of aliphatic hydroxyl groups is 1. The number of pyridine rings is 1. The number of aromatic amines is 1. The van der Waals surface area contributed by atoms with Crippen molar-refractivity contribution in [1.82, 2.24) is 9.88 Å². The minimum Gasteiger partial charge on any atom is -0.491 e. The van der Waals surface area contributed by atoms with Gasteiger partial charge < -0.3 is 29.9 Å². The van der Waals surface area contributed by atoms with E-state index in [1.165, 1.54) is 18.2 Å². The van der Waals surface area contributed by atoms with E-state index in [4.69, 9.17) is 14.6 Å². The van der Waals surface area contributed by atoms with Crippen molar-refractivity contribution in [3.05, 3.63) is 64.1 Å². The molecule has 3 rings (SSSR count). The molecule has 2 heterocycles. The summed E-state index contributed by atoms with van der Waals surface area (Å²) in [4.78, 5) is 49.4. The van der Waals surface area contributed by atoms with Gasteiger partial charge in [-0.25, -0.2) is 0 Å². The fourth-order valence-electron chi connectivity index (χ4n) is 3.58. The summed E-state index contributed by atoms with van der Waals surface area (Å²) in [7, 11) is 1.35. The summed E-state index contributed by atoms with van der Waals surface area (Å²) in [6.07, 6.45) is 0.422. The zero-order chi connectivity index (χ0) is 23.0. The summed E-state index contributed by atoms with van der Waals surface area (Å²) in [5.74, 6) is -1.58. The second-order valence-electron chi connectivity index (χ2n) is 7.04. The van der Waals surface area contributed by atoms with Gasteiger partial charge in [0.1, 0.15) is 11.1 Å². The number of carbonyl (C=O) groups excluding carboxylic acids is 1. The highest BCUT2D eigenvalue weighted by Gasteiger charge is 2.50. The van der Waals surface area contributed by atoms with E-state index in [-0.39, 0.29) is 43.8 Å². The van der Waals surface area contributed by atoms with Gasteiger partial charge in [0, 0.05) is 25.4 Å². The minimum absolute atomic E-state index is 0.0428. The Bertz CT molecular complexity index is 975. The molecule has 1 fully saturated rings. The Morgan fingerprint density at radius 2 is 1.97 bits per heavy atom. The van der Waals surface area contributed by atoms with Gasteiger partial charge in [0.2, 0.25) is 5.43 Å². The van der Waals surface area contributed by atoms with Gasteiger partial charge in [-0.05, 0) is 18.4 Å². The quantitative estimate of drug-likeness (QED) is 0.500. The van der Waals surface area contributed by atoms with E-state index in [1.54, 1.807) is 24.3 Å². The van der Waals surface area contributed by atoms with Crippen molar-refractivity contribution < 1.29 is 34.4 Å². The average Bonchev–Trinajstić information content (AvgIpc) is 2.76. The largest absolute Gasteiger partial charge is 0.491 e. The topological polar surface area (TPSA) is 157 Å². The van der Waals surface area contributed by atoms with Gasteiger partial charge in [0.25, 0.3) is 12.4 Å². The molecule has 1 aromatic carbocycles. The van der Waals surface area contributed by atoms with Crippen molar-refractivity contribution >= 4 is 18.3 Å². The van der Waals surface area contributed by atoms with E-state index in [0.717, 1.165) is 11.6 Å². The Balaban J connectivity index is 0.00000107. The molecule has 1 aromatic heterocycles. The van der Waals surface area contributed by atoms with Crippen LogP contribution in [0.15, 0.2) is 47.4 Å². The van der Waals surface area contributed by atoms with Crippen molar-refractivity contribution in [3.63, 3.8) is 0 Å². The third-order valence-electron chi connectivity index (χ3n) is 5.19. The van der Waals surface area contributed by atoms with Crippen molar-refractivity contribution in [1.29, 1.82) is 0 Å². The van der Waals surface area contributed by atoms with Crippen LogP contribution < -0.4 is 10.2 Å². The third-order valence-corrected chi connectivity index (χ3v) is 5.19. The van der Waals surface area contributed by atoms with Gasteiger partial charge in [-0.15, -0.1) is 0 Å². The molecule has 1 amide bonds. The Hall–Kier alpha value is -3.66. The van der Waals surface area contributed by atoms with Gasteiger partial charge in [-0.1, -0.05) is 30.3 Å². The number of piperidine rings is 1. The van der Waals surface area contributed by atoms with Crippen LogP contribution in [-0.2, 0) is 16.0 Å². The molecule has 1 aliphatic heterocycles. The average molecular weight is 432 g/mol. The number of carbonyl (C=O) groups is 3. The summed E-state index contributed by atoms with van der Waals surface area (Å²) in [6, 6.07) is 10.1. The molecular weight excluding hydrogens is 408 g/mol. The summed E-state index contributed by atoms with van der Waals surface area (Å²) >= 11 is 0. The van der Waals surface area contributed by atoms with Crippen LogP contribution in [0.1, 0.15) is 22.5 Å². The lowest BCUT2D eigenvalue weighted by Gasteiger charge is -2.43. The van der Waals surface area contributed by atoms with Crippen molar-refractivity contribution in [2.75, 3.05) is 20.2 Å². The van der Waals surface area contributed by atoms with Gasteiger partial charge in [-0.3, -0.25) is 19.2 Å². The number of nitrogens with one attached hydrogen (secondary N) is 1. The Morgan fingerprint density at radius 1 is 1.32 bits per heavy atom. The Kier molecular flexibility index (Phi) is 7.92. The monoisotopic (exact) mass is 432 g/mol. The van der Waals surface area contributed by atoms with Crippen LogP contribution >= 0.6 is 0 Å². The summed E-state index contributed by atoms with van der Waals surface area (Å²) in [5.41, 5.74) is -1.17. The number of hydrogen-bond acceptors (Lipinski definition) is 6. The molecular formula is C21H24N2O8. The van der Waals surface area contributed by atoms with Crippen LogP contribution in [0.4, 0.5) is 0 Å². The molecule has 0 radical (unpaired) electrons. The molecule has 1 saturated heterocycles. The molecule has 0 spiro atoms. The van der Waals surface area contributed by atoms with Crippen molar-refractivity contribution in [2.24, 2.45) is 5.41 Å². The zero-order valence-corrected chi connectivity index (χ0v) is 16.9. The summed E-state index contributed by atoms with van der Waals surface area (Å²) in [5, 5.41) is 27.4. The summed E-state index contributed by atoms with van der Waals surface area (Å²) < 4.78 is 4.89. The van der Waals surface area contributed by atoms with Crippen molar-refractivity contribution in [2.45, 2.75) is 18.9 Å². The van der Waals surface area contributed by atoms with Crippen LogP contribution in [-0.4, -0.2) is 69.9 Å². The molecule has 1 aliphatic rings. The predicted octanol–water partition coefficient (Wildman–Crippen LogP) is 0.605.